The Bertz CT molecular complexity index is 845. The lowest BCUT2D eigenvalue weighted by Gasteiger charge is -2.21. The van der Waals surface area contributed by atoms with Crippen molar-refractivity contribution in [3.8, 4) is 0 Å². The summed E-state index contributed by atoms with van der Waals surface area (Å²) < 4.78 is 0. The molecule has 2 atom stereocenters. The Morgan fingerprint density at radius 3 is 2.04 bits per heavy atom. The van der Waals surface area contributed by atoms with E-state index < -0.39 is 0 Å². The normalized spacial score (nSPS) is 13.0. The fourth-order valence-electron chi connectivity index (χ4n) is 3.17. The molecule has 0 aliphatic heterocycles. The molecule has 0 spiro atoms. The lowest BCUT2D eigenvalue weighted by atomic mass is 9.97. The van der Waals surface area contributed by atoms with Crippen LogP contribution in [0.4, 0.5) is 0 Å². The number of quaternary nitrogens is 1. The first kappa shape index (κ1) is 18.9. The highest BCUT2D eigenvalue weighted by Gasteiger charge is 2.24. The second-order valence-corrected chi connectivity index (χ2v) is 6.98. The monoisotopic (exact) mass is 359 g/mol. The highest BCUT2D eigenvalue weighted by atomic mass is 16.2. The molecular formula is C24H27N2O+. The third-order valence-electron chi connectivity index (χ3n) is 4.80. The van der Waals surface area contributed by atoms with Crippen molar-refractivity contribution in [2.75, 3.05) is 0 Å². The van der Waals surface area contributed by atoms with E-state index in [0.29, 0.717) is 6.54 Å². The van der Waals surface area contributed by atoms with E-state index in [1.807, 2.05) is 55.5 Å². The number of hydrogen-bond acceptors (Lipinski definition) is 1. The Balaban J connectivity index is 1.71. The zero-order valence-electron chi connectivity index (χ0n) is 15.9. The van der Waals surface area contributed by atoms with Gasteiger partial charge in [0, 0.05) is 17.7 Å². The van der Waals surface area contributed by atoms with Gasteiger partial charge in [-0.2, -0.15) is 0 Å². The van der Waals surface area contributed by atoms with Crippen LogP contribution in [-0.2, 0) is 11.3 Å². The molecule has 0 aliphatic rings. The first-order chi connectivity index (χ1) is 13.1. The summed E-state index contributed by atoms with van der Waals surface area (Å²) in [7, 11) is 0. The maximum absolute atomic E-state index is 12.6. The van der Waals surface area contributed by atoms with E-state index in [0.717, 1.165) is 5.56 Å². The molecule has 3 rings (SSSR count). The molecule has 3 aromatic carbocycles. The van der Waals surface area contributed by atoms with Crippen molar-refractivity contribution in [2.24, 2.45) is 0 Å². The van der Waals surface area contributed by atoms with Crippen molar-refractivity contribution in [3.63, 3.8) is 0 Å². The largest absolute Gasteiger partial charge is 0.347 e. The third-order valence-corrected chi connectivity index (χ3v) is 4.80. The van der Waals surface area contributed by atoms with E-state index in [1.54, 1.807) is 0 Å². The summed E-state index contributed by atoms with van der Waals surface area (Å²) in [4.78, 5) is 12.6. The molecular weight excluding hydrogens is 332 g/mol. The Labute approximate surface area is 161 Å². The van der Waals surface area contributed by atoms with Crippen LogP contribution in [0.3, 0.4) is 0 Å². The van der Waals surface area contributed by atoms with Gasteiger partial charge >= 0.3 is 0 Å². The van der Waals surface area contributed by atoms with Crippen LogP contribution in [0.1, 0.15) is 35.2 Å². The van der Waals surface area contributed by atoms with Gasteiger partial charge in [0.05, 0.1) is 0 Å². The number of carbonyl (C=O) groups excluding carboxylic acids is 1. The molecule has 3 nitrogen and oxygen atoms in total. The number of amides is 1. The molecule has 0 bridgehead atoms. The second-order valence-electron chi connectivity index (χ2n) is 6.98. The van der Waals surface area contributed by atoms with Gasteiger partial charge in [0.15, 0.2) is 6.04 Å². The minimum atomic E-state index is -0.194. The Morgan fingerprint density at radius 2 is 1.41 bits per heavy atom. The van der Waals surface area contributed by atoms with Gasteiger partial charge in [0.1, 0.15) is 6.04 Å². The van der Waals surface area contributed by atoms with Crippen LogP contribution in [0.15, 0.2) is 84.9 Å². The van der Waals surface area contributed by atoms with Gasteiger partial charge in [-0.1, -0.05) is 90.5 Å². The minimum absolute atomic E-state index is 0.0481. The van der Waals surface area contributed by atoms with Crippen LogP contribution in [0, 0.1) is 6.92 Å². The van der Waals surface area contributed by atoms with E-state index in [9.17, 15) is 4.79 Å². The van der Waals surface area contributed by atoms with Crippen LogP contribution in [0.2, 0.25) is 0 Å². The topological polar surface area (TPSA) is 45.7 Å². The SMILES string of the molecule is Cc1ccc([C@@H]([NH2+][C@@H](C)C(=O)NCc2ccccc2)c2ccccc2)cc1. The predicted molar refractivity (Wildman–Crippen MR) is 109 cm³/mol. The van der Waals surface area contributed by atoms with Crippen molar-refractivity contribution in [2.45, 2.75) is 32.5 Å². The van der Waals surface area contributed by atoms with Crippen LogP contribution >= 0.6 is 0 Å². The first-order valence-electron chi connectivity index (χ1n) is 9.41. The van der Waals surface area contributed by atoms with Crippen LogP contribution < -0.4 is 10.6 Å². The molecule has 0 aromatic heterocycles. The minimum Gasteiger partial charge on any atom is -0.347 e. The van der Waals surface area contributed by atoms with Crippen LogP contribution in [0.5, 0.6) is 0 Å². The molecule has 0 saturated heterocycles. The molecule has 0 saturated carbocycles. The zero-order chi connectivity index (χ0) is 19.1. The van der Waals surface area contributed by atoms with E-state index >= 15 is 0 Å². The van der Waals surface area contributed by atoms with E-state index in [-0.39, 0.29) is 18.0 Å². The van der Waals surface area contributed by atoms with E-state index in [4.69, 9.17) is 0 Å². The number of carbonyl (C=O) groups is 1. The third kappa shape index (κ3) is 5.28. The molecule has 1 amide bonds. The fourth-order valence-corrected chi connectivity index (χ4v) is 3.17. The Kier molecular flexibility index (Phi) is 6.39. The number of hydrogen-bond donors (Lipinski definition) is 2. The lowest BCUT2D eigenvalue weighted by Crippen LogP contribution is -2.92. The van der Waals surface area contributed by atoms with Gasteiger partial charge in [-0.05, 0) is 19.4 Å². The molecule has 3 aromatic rings. The summed E-state index contributed by atoms with van der Waals surface area (Å²) >= 11 is 0. The Morgan fingerprint density at radius 1 is 0.852 bits per heavy atom. The summed E-state index contributed by atoms with van der Waals surface area (Å²) in [5, 5.41) is 5.19. The van der Waals surface area contributed by atoms with Crippen molar-refractivity contribution < 1.29 is 10.1 Å². The number of rotatable bonds is 7. The molecule has 0 radical (unpaired) electrons. The Hall–Kier alpha value is -2.91. The maximum atomic E-state index is 12.6. The smallest absolute Gasteiger partial charge is 0.278 e. The molecule has 138 valence electrons. The number of nitrogens with two attached hydrogens (primary N) is 1. The van der Waals surface area contributed by atoms with Crippen LogP contribution in [-0.4, -0.2) is 11.9 Å². The number of aryl methyl sites for hydroxylation is 1. The molecule has 0 fully saturated rings. The van der Waals surface area contributed by atoms with Crippen molar-refractivity contribution in [1.82, 2.24) is 5.32 Å². The molecule has 0 heterocycles. The molecule has 0 aliphatic carbocycles. The van der Waals surface area contributed by atoms with Crippen molar-refractivity contribution in [3.05, 3.63) is 107 Å². The van der Waals surface area contributed by atoms with E-state index in [1.165, 1.54) is 16.7 Å². The van der Waals surface area contributed by atoms with Gasteiger partial charge in [0.2, 0.25) is 0 Å². The standard InChI is InChI=1S/C24H26N2O/c1-18-13-15-22(16-14-18)23(21-11-7-4-8-12-21)26-19(2)24(27)25-17-20-9-5-3-6-10-20/h3-16,19,23,26H,17H2,1-2H3,(H,25,27)/p+1/t19-,23-/m0/s1. The zero-order valence-corrected chi connectivity index (χ0v) is 15.9. The fraction of sp³-hybridized carbons (Fsp3) is 0.208. The molecule has 3 N–H and O–H groups in total. The number of benzene rings is 3. The van der Waals surface area contributed by atoms with Crippen LogP contribution in [0.25, 0.3) is 0 Å². The summed E-state index contributed by atoms with van der Waals surface area (Å²) in [5.41, 5.74) is 4.74. The quantitative estimate of drug-likeness (QED) is 0.668. The van der Waals surface area contributed by atoms with Crippen molar-refractivity contribution in [1.29, 1.82) is 0 Å². The first-order valence-corrected chi connectivity index (χ1v) is 9.41. The maximum Gasteiger partial charge on any atom is 0.278 e. The molecule has 3 heteroatoms. The number of nitrogens with one attached hydrogen (secondary N) is 1. The summed E-state index contributed by atoms with van der Waals surface area (Å²) in [6.45, 7) is 4.60. The van der Waals surface area contributed by atoms with Gasteiger partial charge in [0.25, 0.3) is 5.91 Å². The second kappa shape index (κ2) is 9.15. The predicted octanol–water partition coefficient (Wildman–Crippen LogP) is 3.35. The average molecular weight is 359 g/mol. The highest BCUT2D eigenvalue weighted by Crippen LogP contribution is 2.19. The highest BCUT2D eigenvalue weighted by molar-refractivity contribution is 5.79. The van der Waals surface area contributed by atoms with Gasteiger partial charge in [-0.25, -0.2) is 0 Å². The lowest BCUT2D eigenvalue weighted by molar-refractivity contribution is -0.704. The summed E-state index contributed by atoms with van der Waals surface area (Å²) in [6.07, 6.45) is 0. The van der Waals surface area contributed by atoms with Gasteiger partial charge in [-0.15, -0.1) is 0 Å². The van der Waals surface area contributed by atoms with E-state index in [2.05, 4.69) is 54.0 Å². The molecule has 27 heavy (non-hydrogen) atoms. The van der Waals surface area contributed by atoms with Crippen molar-refractivity contribution >= 4 is 5.91 Å². The van der Waals surface area contributed by atoms with Gasteiger partial charge in [-0.3, -0.25) is 4.79 Å². The summed E-state index contributed by atoms with van der Waals surface area (Å²) in [5.74, 6) is 0.0481. The molecule has 0 unspecified atom stereocenters. The summed E-state index contributed by atoms with van der Waals surface area (Å²) in [6, 6.07) is 28.8. The van der Waals surface area contributed by atoms with Gasteiger partial charge < -0.3 is 10.6 Å². The average Bonchev–Trinajstić information content (AvgIpc) is 2.72.